The van der Waals surface area contributed by atoms with Gasteiger partial charge < -0.3 is 0 Å². The van der Waals surface area contributed by atoms with Gasteiger partial charge in [0.05, 0.1) is 0 Å². The Kier molecular flexibility index (Phi) is 3.17. The Balaban J connectivity index is 2.77. The summed E-state index contributed by atoms with van der Waals surface area (Å²) in [5, 5.41) is 0. The fraction of sp³-hybridized carbons (Fsp3) is 0.625. The van der Waals surface area contributed by atoms with E-state index < -0.39 is 18.4 Å². The van der Waals surface area contributed by atoms with Crippen molar-refractivity contribution in [2.45, 2.75) is 21.5 Å². The number of imidazole rings is 1. The molecule has 0 aliphatic heterocycles. The Morgan fingerprint density at radius 2 is 2.17 bits per heavy atom. The molecule has 1 aromatic rings. The zero-order valence-corrected chi connectivity index (χ0v) is 11.0. The molecular formula is C8H16N2OSn. The van der Waals surface area contributed by atoms with Crippen molar-refractivity contribution in [3.63, 3.8) is 0 Å². The Labute approximate surface area is 77.6 Å². The van der Waals surface area contributed by atoms with Gasteiger partial charge in [0, 0.05) is 0 Å². The number of nitrogens with zero attached hydrogens (tertiary/aromatic N) is 2. The number of ether oxygens (including phenoxy) is 1. The van der Waals surface area contributed by atoms with Gasteiger partial charge in [-0.05, 0) is 0 Å². The first-order valence-corrected chi connectivity index (χ1v) is 14.0. The second-order valence-corrected chi connectivity index (χ2v) is 18.2. The average molecular weight is 275 g/mol. The monoisotopic (exact) mass is 276 g/mol. The fourth-order valence-corrected chi connectivity index (χ4v) is 3.82. The molecule has 0 fully saturated rings. The molecule has 0 N–H and O–H groups in total. The van der Waals surface area contributed by atoms with Gasteiger partial charge >= 0.3 is 77.6 Å². The van der Waals surface area contributed by atoms with Crippen molar-refractivity contribution in [2.75, 3.05) is 7.11 Å². The molecule has 0 saturated carbocycles. The van der Waals surface area contributed by atoms with Crippen LogP contribution in [0.1, 0.15) is 0 Å². The summed E-state index contributed by atoms with van der Waals surface area (Å²) in [7, 11) is 1.69. The molecule has 1 rings (SSSR count). The second-order valence-electron chi connectivity index (χ2n) is 3.94. The van der Waals surface area contributed by atoms with Gasteiger partial charge in [0.25, 0.3) is 0 Å². The quantitative estimate of drug-likeness (QED) is 0.770. The van der Waals surface area contributed by atoms with Crippen molar-refractivity contribution in [2.24, 2.45) is 0 Å². The fourth-order valence-electron chi connectivity index (χ4n) is 0.967. The molecule has 0 atom stereocenters. The van der Waals surface area contributed by atoms with Crippen molar-refractivity contribution >= 4 is 22.1 Å². The second kappa shape index (κ2) is 3.79. The van der Waals surface area contributed by atoms with Gasteiger partial charge in [-0.25, -0.2) is 0 Å². The van der Waals surface area contributed by atoms with Crippen molar-refractivity contribution in [3.05, 3.63) is 12.5 Å². The summed E-state index contributed by atoms with van der Waals surface area (Å²) < 4.78 is 8.29. The van der Waals surface area contributed by atoms with Crippen LogP contribution in [0.2, 0.25) is 14.8 Å². The van der Waals surface area contributed by atoms with Crippen LogP contribution < -0.4 is 3.71 Å². The van der Waals surface area contributed by atoms with Crippen LogP contribution in [0, 0.1) is 0 Å². The van der Waals surface area contributed by atoms with E-state index in [4.69, 9.17) is 4.74 Å². The third-order valence-electron chi connectivity index (χ3n) is 1.68. The molecule has 4 heteroatoms. The van der Waals surface area contributed by atoms with Gasteiger partial charge in [0.1, 0.15) is 0 Å². The molecule has 0 aliphatic carbocycles. The molecule has 0 spiro atoms. The van der Waals surface area contributed by atoms with Crippen LogP contribution >= 0.6 is 0 Å². The van der Waals surface area contributed by atoms with E-state index in [9.17, 15) is 0 Å². The molecule has 0 saturated heterocycles. The normalized spacial score (nSPS) is 12.0. The van der Waals surface area contributed by atoms with Gasteiger partial charge in [-0.15, -0.1) is 0 Å². The van der Waals surface area contributed by atoms with Crippen LogP contribution in [0.5, 0.6) is 0 Å². The molecule has 12 heavy (non-hydrogen) atoms. The van der Waals surface area contributed by atoms with E-state index in [0.29, 0.717) is 6.73 Å². The molecule has 0 amide bonds. The molecule has 0 bridgehead atoms. The summed E-state index contributed by atoms with van der Waals surface area (Å²) in [6.07, 6.45) is 3.96. The summed E-state index contributed by atoms with van der Waals surface area (Å²) in [5.74, 6) is 0. The minimum atomic E-state index is -1.92. The van der Waals surface area contributed by atoms with Crippen LogP contribution in [-0.2, 0) is 11.5 Å². The molecular weight excluding hydrogens is 259 g/mol. The predicted molar refractivity (Wildman–Crippen MR) is 52.2 cm³/mol. The summed E-state index contributed by atoms with van der Waals surface area (Å²) >= 11 is -1.92. The number of hydrogen-bond donors (Lipinski definition) is 0. The Morgan fingerprint density at radius 1 is 1.50 bits per heavy atom. The molecule has 1 heterocycles. The SMILES string of the molecule is COCn1cn[c]([Sn]([CH3])([CH3])[CH3])c1. The molecule has 0 aliphatic rings. The molecule has 68 valence electrons. The molecule has 3 nitrogen and oxygen atoms in total. The number of hydrogen-bond acceptors (Lipinski definition) is 2. The number of aromatic nitrogens is 2. The Hall–Kier alpha value is -0.0313. The van der Waals surface area contributed by atoms with Gasteiger partial charge in [-0.3, -0.25) is 0 Å². The number of methoxy groups -OCH3 is 1. The first kappa shape index (κ1) is 10.1. The Bertz CT molecular complexity index is 252. The minimum absolute atomic E-state index is 0.606. The first-order chi connectivity index (χ1) is 5.54. The van der Waals surface area contributed by atoms with Gasteiger partial charge in [0.15, 0.2) is 0 Å². The van der Waals surface area contributed by atoms with Crippen LogP contribution in [-0.4, -0.2) is 35.0 Å². The van der Waals surface area contributed by atoms with Gasteiger partial charge in [0.2, 0.25) is 0 Å². The van der Waals surface area contributed by atoms with Crippen molar-refractivity contribution in [3.8, 4) is 0 Å². The van der Waals surface area contributed by atoms with E-state index in [0.717, 1.165) is 0 Å². The van der Waals surface area contributed by atoms with Crippen LogP contribution in [0.3, 0.4) is 0 Å². The van der Waals surface area contributed by atoms with Crippen LogP contribution in [0.25, 0.3) is 0 Å². The first-order valence-electron chi connectivity index (χ1n) is 4.05. The Morgan fingerprint density at radius 3 is 2.58 bits per heavy atom. The van der Waals surface area contributed by atoms with Gasteiger partial charge in [-0.2, -0.15) is 0 Å². The van der Waals surface area contributed by atoms with Crippen molar-refractivity contribution in [1.29, 1.82) is 0 Å². The summed E-state index contributed by atoms with van der Waals surface area (Å²) in [6.45, 7) is 0.606. The maximum absolute atomic E-state index is 5.00. The van der Waals surface area contributed by atoms with Gasteiger partial charge in [-0.1, -0.05) is 0 Å². The van der Waals surface area contributed by atoms with E-state index in [-0.39, 0.29) is 0 Å². The van der Waals surface area contributed by atoms with Crippen molar-refractivity contribution in [1.82, 2.24) is 9.55 Å². The zero-order valence-electron chi connectivity index (χ0n) is 8.16. The van der Waals surface area contributed by atoms with Crippen molar-refractivity contribution < 1.29 is 4.74 Å². The van der Waals surface area contributed by atoms with Crippen LogP contribution in [0.4, 0.5) is 0 Å². The molecule has 0 aromatic carbocycles. The maximum atomic E-state index is 5.00. The standard InChI is InChI=1S/C5H7N2O.3CH3.Sn/c1-8-5-7-3-2-6-4-7;;;;/h3-4H,5H2,1H3;3*1H3;. The predicted octanol–water partition coefficient (Wildman–Crippen LogP) is 1.03. The van der Waals surface area contributed by atoms with E-state index in [2.05, 4.69) is 26.0 Å². The van der Waals surface area contributed by atoms with Crippen LogP contribution in [0.15, 0.2) is 12.5 Å². The third-order valence-corrected chi connectivity index (χ3v) is 6.80. The van der Waals surface area contributed by atoms with E-state index in [1.807, 2.05) is 10.9 Å². The van der Waals surface area contributed by atoms with E-state index >= 15 is 0 Å². The van der Waals surface area contributed by atoms with E-state index in [1.165, 1.54) is 3.71 Å². The third kappa shape index (κ3) is 2.48. The summed E-state index contributed by atoms with van der Waals surface area (Å²) in [5.41, 5.74) is 0. The summed E-state index contributed by atoms with van der Waals surface area (Å²) in [6, 6.07) is 0. The topological polar surface area (TPSA) is 27.1 Å². The molecule has 1 aromatic heterocycles. The molecule has 0 unspecified atom stereocenters. The average Bonchev–Trinajstić information content (AvgIpc) is 2.35. The van der Waals surface area contributed by atoms with E-state index in [1.54, 1.807) is 7.11 Å². The number of rotatable bonds is 3. The zero-order chi connectivity index (χ0) is 9.19. The molecule has 0 radical (unpaired) electrons. The summed E-state index contributed by atoms with van der Waals surface area (Å²) in [4.78, 5) is 11.4.